The molecule has 2 heteroatoms. The highest BCUT2D eigenvalue weighted by molar-refractivity contribution is 6.17. The quantitative estimate of drug-likeness (QED) is 0.737. The summed E-state index contributed by atoms with van der Waals surface area (Å²) in [5, 5.41) is 0. The van der Waals surface area contributed by atoms with Crippen molar-refractivity contribution >= 4 is 11.6 Å². The van der Waals surface area contributed by atoms with E-state index in [0.29, 0.717) is 0 Å². The fourth-order valence-electron chi connectivity index (χ4n) is 2.86. The Kier molecular flexibility index (Phi) is 4.47. The Morgan fingerprint density at radius 1 is 1.24 bits per heavy atom. The number of halogens is 1. The lowest BCUT2D eigenvalue weighted by Gasteiger charge is -2.16. The lowest BCUT2D eigenvalue weighted by atomic mass is 10.1. The van der Waals surface area contributed by atoms with Crippen LogP contribution in [0.15, 0.2) is 18.2 Å². The minimum atomic E-state index is 0.808. The Labute approximate surface area is 110 Å². The van der Waals surface area contributed by atoms with Gasteiger partial charge in [-0.2, -0.15) is 0 Å². The molecule has 0 aliphatic carbocycles. The standard InChI is InChI=1S/C15H22ClN/c1-12-7-13(2)9-15(8-12)11-17-6-4-14(10-17)3-5-16/h7-9,14H,3-6,10-11H2,1-2H3. The third-order valence-corrected chi connectivity index (χ3v) is 3.79. The molecule has 0 amide bonds. The Morgan fingerprint density at radius 2 is 1.94 bits per heavy atom. The van der Waals surface area contributed by atoms with Crippen LogP contribution in [0, 0.1) is 19.8 Å². The van der Waals surface area contributed by atoms with Crippen molar-refractivity contribution in [2.75, 3.05) is 19.0 Å². The highest BCUT2D eigenvalue weighted by Crippen LogP contribution is 2.22. The van der Waals surface area contributed by atoms with Crippen molar-refractivity contribution in [3.05, 3.63) is 34.9 Å². The number of nitrogens with zero attached hydrogens (tertiary/aromatic N) is 1. The number of benzene rings is 1. The largest absolute Gasteiger partial charge is 0.299 e. The Balaban J connectivity index is 1.93. The van der Waals surface area contributed by atoms with Crippen molar-refractivity contribution in [1.82, 2.24) is 4.90 Å². The summed E-state index contributed by atoms with van der Waals surface area (Å²) in [6, 6.07) is 6.85. The van der Waals surface area contributed by atoms with Gasteiger partial charge in [0.15, 0.2) is 0 Å². The van der Waals surface area contributed by atoms with Crippen molar-refractivity contribution in [3.8, 4) is 0 Å². The summed E-state index contributed by atoms with van der Waals surface area (Å²) >= 11 is 5.81. The highest BCUT2D eigenvalue weighted by Gasteiger charge is 2.21. The van der Waals surface area contributed by atoms with Gasteiger partial charge in [-0.05, 0) is 44.7 Å². The van der Waals surface area contributed by atoms with Crippen LogP contribution < -0.4 is 0 Å². The molecule has 1 aromatic carbocycles. The van der Waals surface area contributed by atoms with E-state index in [1.807, 2.05) is 0 Å². The lowest BCUT2D eigenvalue weighted by Crippen LogP contribution is -2.20. The van der Waals surface area contributed by atoms with E-state index >= 15 is 0 Å². The maximum atomic E-state index is 5.81. The number of likely N-dealkylation sites (tertiary alicyclic amines) is 1. The van der Waals surface area contributed by atoms with Gasteiger partial charge in [-0.1, -0.05) is 29.3 Å². The van der Waals surface area contributed by atoms with Crippen LogP contribution in [0.1, 0.15) is 29.5 Å². The Hall–Kier alpha value is -0.530. The van der Waals surface area contributed by atoms with Crippen LogP contribution in [0.4, 0.5) is 0 Å². The van der Waals surface area contributed by atoms with Crippen LogP contribution in [0.2, 0.25) is 0 Å². The summed E-state index contributed by atoms with van der Waals surface area (Å²) in [6.45, 7) is 7.91. The van der Waals surface area contributed by atoms with Crippen LogP contribution in [0.3, 0.4) is 0 Å². The predicted molar refractivity (Wildman–Crippen MR) is 74.6 cm³/mol. The first kappa shape index (κ1) is 12.9. The van der Waals surface area contributed by atoms with E-state index in [2.05, 4.69) is 36.9 Å². The molecule has 2 rings (SSSR count). The van der Waals surface area contributed by atoms with Crippen LogP contribution in [0.25, 0.3) is 0 Å². The molecule has 1 nitrogen and oxygen atoms in total. The van der Waals surface area contributed by atoms with Crippen LogP contribution in [0.5, 0.6) is 0 Å². The average Bonchev–Trinajstić information content (AvgIpc) is 2.64. The van der Waals surface area contributed by atoms with E-state index in [9.17, 15) is 0 Å². The second kappa shape index (κ2) is 5.88. The molecule has 17 heavy (non-hydrogen) atoms. The van der Waals surface area contributed by atoms with Gasteiger partial charge in [-0.25, -0.2) is 0 Å². The summed E-state index contributed by atoms with van der Waals surface area (Å²) < 4.78 is 0. The van der Waals surface area contributed by atoms with Crippen molar-refractivity contribution in [2.24, 2.45) is 5.92 Å². The SMILES string of the molecule is Cc1cc(C)cc(CN2CCC(CCCl)C2)c1. The minimum Gasteiger partial charge on any atom is -0.299 e. The summed E-state index contributed by atoms with van der Waals surface area (Å²) in [5.41, 5.74) is 4.20. The predicted octanol–water partition coefficient (Wildman–Crippen LogP) is 3.75. The fourth-order valence-corrected chi connectivity index (χ4v) is 3.17. The molecule has 0 spiro atoms. The van der Waals surface area contributed by atoms with E-state index in [-0.39, 0.29) is 0 Å². The van der Waals surface area contributed by atoms with Crippen molar-refractivity contribution in [3.63, 3.8) is 0 Å². The van der Waals surface area contributed by atoms with E-state index in [0.717, 1.165) is 18.3 Å². The second-order valence-electron chi connectivity index (χ2n) is 5.36. The molecule has 0 N–H and O–H groups in total. The third kappa shape index (κ3) is 3.72. The van der Waals surface area contributed by atoms with E-state index in [1.54, 1.807) is 0 Å². The molecular formula is C15H22ClN. The molecule has 94 valence electrons. The first-order valence-corrected chi connectivity index (χ1v) is 7.06. The van der Waals surface area contributed by atoms with Gasteiger partial charge in [0.2, 0.25) is 0 Å². The number of hydrogen-bond acceptors (Lipinski definition) is 1. The molecule has 1 fully saturated rings. The van der Waals surface area contributed by atoms with Crippen molar-refractivity contribution < 1.29 is 0 Å². The van der Waals surface area contributed by atoms with Crippen LogP contribution in [-0.4, -0.2) is 23.9 Å². The van der Waals surface area contributed by atoms with Crippen molar-refractivity contribution in [2.45, 2.75) is 33.2 Å². The van der Waals surface area contributed by atoms with Crippen LogP contribution >= 0.6 is 11.6 Å². The van der Waals surface area contributed by atoms with Gasteiger partial charge < -0.3 is 0 Å². The van der Waals surface area contributed by atoms with E-state index in [4.69, 9.17) is 11.6 Å². The lowest BCUT2D eigenvalue weighted by molar-refractivity contribution is 0.315. The topological polar surface area (TPSA) is 3.24 Å². The van der Waals surface area contributed by atoms with Gasteiger partial charge in [-0.3, -0.25) is 4.90 Å². The monoisotopic (exact) mass is 251 g/mol. The van der Waals surface area contributed by atoms with Gasteiger partial charge in [-0.15, -0.1) is 11.6 Å². The molecule has 1 aliphatic heterocycles. The average molecular weight is 252 g/mol. The molecule has 0 radical (unpaired) electrons. The number of aryl methyl sites for hydroxylation is 2. The molecule has 0 saturated carbocycles. The molecule has 0 aromatic heterocycles. The molecule has 1 saturated heterocycles. The van der Waals surface area contributed by atoms with Gasteiger partial charge in [0.1, 0.15) is 0 Å². The van der Waals surface area contributed by atoms with Gasteiger partial charge in [0, 0.05) is 19.0 Å². The molecule has 1 aromatic rings. The maximum absolute atomic E-state index is 5.81. The van der Waals surface area contributed by atoms with Crippen molar-refractivity contribution in [1.29, 1.82) is 0 Å². The van der Waals surface area contributed by atoms with Gasteiger partial charge >= 0.3 is 0 Å². The minimum absolute atomic E-state index is 0.808. The first-order chi connectivity index (χ1) is 8.17. The van der Waals surface area contributed by atoms with Gasteiger partial charge in [0.25, 0.3) is 0 Å². The molecule has 1 heterocycles. The summed E-state index contributed by atoms with van der Waals surface area (Å²) in [6.07, 6.45) is 2.49. The summed E-state index contributed by atoms with van der Waals surface area (Å²) in [4.78, 5) is 2.56. The number of hydrogen-bond donors (Lipinski definition) is 0. The molecule has 0 bridgehead atoms. The first-order valence-electron chi connectivity index (χ1n) is 6.53. The molecule has 1 aliphatic rings. The van der Waals surface area contributed by atoms with E-state index in [1.165, 1.54) is 42.6 Å². The van der Waals surface area contributed by atoms with E-state index < -0.39 is 0 Å². The number of rotatable bonds is 4. The normalized spacial score (nSPS) is 21.0. The smallest absolute Gasteiger partial charge is 0.0234 e. The summed E-state index contributed by atoms with van der Waals surface area (Å²) in [5.74, 6) is 1.63. The molecule has 1 atom stereocenters. The highest BCUT2D eigenvalue weighted by atomic mass is 35.5. The Bertz CT molecular complexity index is 355. The third-order valence-electron chi connectivity index (χ3n) is 3.57. The van der Waals surface area contributed by atoms with Gasteiger partial charge in [0.05, 0.1) is 0 Å². The number of alkyl halides is 1. The van der Waals surface area contributed by atoms with Crippen LogP contribution in [-0.2, 0) is 6.54 Å². The zero-order valence-corrected chi connectivity index (χ0v) is 11.6. The summed E-state index contributed by atoms with van der Waals surface area (Å²) in [7, 11) is 0. The zero-order valence-electron chi connectivity index (χ0n) is 10.9. The Morgan fingerprint density at radius 3 is 2.59 bits per heavy atom. The molecular weight excluding hydrogens is 230 g/mol. The second-order valence-corrected chi connectivity index (χ2v) is 5.74. The fraction of sp³-hybridized carbons (Fsp3) is 0.600. The maximum Gasteiger partial charge on any atom is 0.0234 e. The zero-order chi connectivity index (χ0) is 12.3. The molecule has 1 unspecified atom stereocenters.